The maximum Gasteiger partial charge on any atom is 0.373 e. The molecule has 0 aliphatic carbocycles. The van der Waals surface area contributed by atoms with Gasteiger partial charge in [0.1, 0.15) is 12.1 Å². The molecule has 2 aromatic rings. The summed E-state index contributed by atoms with van der Waals surface area (Å²) in [4.78, 5) is 18.8. The first-order valence-electron chi connectivity index (χ1n) is 7.61. The molecule has 0 amide bonds. The molecule has 1 aromatic heterocycles. The van der Waals surface area contributed by atoms with E-state index in [1.54, 1.807) is 12.1 Å². The van der Waals surface area contributed by atoms with Crippen molar-refractivity contribution in [2.75, 3.05) is 11.9 Å². The van der Waals surface area contributed by atoms with Crippen molar-refractivity contribution in [3.8, 4) is 11.6 Å². The van der Waals surface area contributed by atoms with E-state index in [4.69, 9.17) is 16.3 Å². The highest BCUT2D eigenvalue weighted by atomic mass is 35.5. The van der Waals surface area contributed by atoms with Gasteiger partial charge in [0.2, 0.25) is 5.82 Å². The number of unbranched alkanes of at least 4 members (excludes halogenated alkanes) is 1. The number of hydrogen-bond acceptors (Lipinski definition) is 6. The molecule has 24 heavy (non-hydrogen) atoms. The lowest BCUT2D eigenvalue weighted by Gasteiger charge is -2.11. The highest BCUT2D eigenvalue weighted by Crippen LogP contribution is 2.35. The van der Waals surface area contributed by atoms with Crippen molar-refractivity contribution in [3.63, 3.8) is 0 Å². The molecule has 1 N–H and O–H groups in total. The number of rotatable bonds is 7. The summed E-state index contributed by atoms with van der Waals surface area (Å²) in [6, 6.07) is 3.43. The fraction of sp³-hybridized carbons (Fsp3) is 0.375. The van der Waals surface area contributed by atoms with Crippen LogP contribution in [0.25, 0.3) is 0 Å². The summed E-state index contributed by atoms with van der Waals surface area (Å²) < 4.78 is 5.64. The fourth-order valence-electron chi connectivity index (χ4n) is 2.19. The minimum absolute atomic E-state index is 0.102. The highest BCUT2D eigenvalue weighted by molar-refractivity contribution is 6.32. The van der Waals surface area contributed by atoms with Gasteiger partial charge in [0.25, 0.3) is 0 Å². The Balaban J connectivity index is 2.36. The number of halogens is 1. The third kappa shape index (κ3) is 4.11. The Hall–Kier alpha value is -2.41. The van der Waals surface area contributed by atoms with Crippen LogP contribution in [0.2, 0.25) is 5.02 Å². The number of nitrogens with one attached hydrogen (secondary N) is 1. The number of ether oxygens (including phenoxy) is 1. The average Bonchev–Trinajstić information content (AvgIpc) is 2.52. The van der Waals surface area contributed by atoms with Gasteiger partial charge in [-0.05, 0) is 43.5 Å². The van der Waals surface area contributed by atoms with Crippen LogP contribution in [0, 0.1) is 24.0 Å². The number of anilines is 1. The molecule has 0 bridgehead atoms. The van der Waals surface area contributed by atoms with Crippen molar-refractivity contribution in [1.82, 2.24) is 9.97 Å². The van der Waals surface area contributed by atoms with E-state index < -0.39 is 4.92 Å². The molecule has 0 fully saturated rings. The monoisotopic (exact) mass is 350 g/mol. The summed E-state index contributed by atoms with van der Waals surface area (Å²) in [5, 5.41) is 15.0. The zero-order valence-electron chi connectivity index (χ0n) is 13.8. The zero-order valence-corrected chi connectivity index (χ0v) is 14.6. The molecule has 0 saturated heterocycles. The molecular formula is C16H19ClN4O3. The van der Waals surface area contributed by atoms with Gasteiger partial charge in [-0.2, -0.15) is 4.98 Å². The Bertz CT molecular complexity index is 729. The van der Waals surface area contributed by atoms with Crippen LogP contribution in [0.4, 0.5) is 11.5 Å². The summed E-state index contributed by atoms with van der Waals surface area (Å²) in [7, 11) is 0. The molecule has 1 heterocycles. The Morgan fingerprint density at radius 2 is 1.96 bits per heavy atom. The normalized spacial score (nSPS) is 10.5. The number of benzene rings is 1. The SMILES string of the molecule is CCCCNc1ncnc(Oc2cc(C)c(Cl)c(C)c2)c1[N+](=O)[O-]. The smallest absolute Gasteiger partial charge is 0.373 e. The Kier molecular flexibility index (Phi) is 5.92. The molecule has 8 heteroatoms. The molecule has 2 rings (SSSR count). The van der Waals surface area contributed by atoms with Gasteiger partial charge in [-0.25, -0.2) is 4.98 Å². The van der Waals surface area contributed by atoms with Crippen molar-refractivity contribution in [2.45, 2.75) is 33.6 Å². The quantitative estimate of drug-likeness (QED) is 0.443. The third-order valence-electron chi connectivity index (χ3n) is 3.42. The Morgan fingerprint density at radius 3 is 2.54 bits per heavy atom. The van der Waals surface area contributed by atoms with Crippen molar-refractivity contribution < 1.29 is 9.66 Å². The predicted molar refractivity (Wildman–Crippen MR) is 93.1 cm³/mol. The van der Waals surface area contributed by atoms with E-state index in [0.717, 1.165) is 24.0 Å². The zero-order chi connectivity index (χ0) is 17.7. The van der Waals surface area contributed by atoms with Crippen LogP contribution in [0.1, 0.15) is 30.9 Å². The van der Waals surface area contributed by atoms with Gasteiger partial charge >= 0.3 is 11.6 Å². The van der Waals surface area contributed by atoms with Gasteiger partial charge in [0.15, 0.2) is 0 Å². The maximum absolute atomic E-state index is 11.4. The molecule has 0 aliphatic rings. The van der Waals surface area contributed by atoms with Crippen LogP contribution in [0.3, 0.4) is 0 Å². The van der Waals surface area contributed by atoms with E-state index in [-0.39, 0.29) is 17.4 Å². The van der Waals surface area contributed by atoms with Crippen molar-refractivity contribution >= 4 is 23.1 Å². The van der Waals surface area contributed by atoms with Crippen LogP contribution in [-0.4, -0.2) is 21.4 Å². The standard InChI is InChI=1S/C16H19ClN4O3/c1-4-5-6-18-15-14(21(22)23)16(20-9-19-15)24-12-7-10(2)13(17)11(3)8-12/h7-9H,4-6H2,1-3H3,(H,18,19,20). The number of aromatic nitrogens is 2. The summed E-state index contributed by atoms with van der Waals surface area (Å²) in [5.74, 6) is 0.492. The van der Waals surface area contributed by atoms with Crippen LogP contribution in [0.15, 0.2) is 18.5 Å². The number of aryl methyl sites for hydroxylation is 2. The molecule has 0 saturated carbocycles. The minimum Gasteiger partial charge on any atom is -0.434 e. The second-order valence-corrected chi connectivity index (χ2v) is 5.76. The molecule has 0 spiro atoms. The molecule has 0 unspecified atom stereocenters. The largest absolute Gasteiger partial charge is 0.434 e. The first kappa shape index (κ1) is 17.9. The lowest BCUT2D eigenvalue weighted by atomic mass is 10.1. The average molecular weight is 351 g/mol. The third-order valence-corrected chi connectivity index (χ3v) is 4.01. The first-order chi connectivity index (χ1) is 11.4. The van der Waals surface area contributed by atoms with Crippen molar-refractivity contribution in [1.29, 1.82) is 0 Å². The second-order valence-electron chi connectivity index (χ2n) is 5.39. The van der Waals surface area contributed by atoms with E-state index in [0.29, 0.717) is 17.3 Å². The van der Waals surface area contributed by atoms with Crippen molar-refractivity contribution in [2.24, 2.45) is 0 Å². The van der Waals surface area contributed by atoms with Crippen LogP contribution in [-0.2, 0) is 0 Å². The van der Waals surface area contributed by atoms with Gasteiger partial charge in [-0.3, -0.25) is 10.1 Å². The fourth-order valence-corrected chi connectivity index (χ4v) is 2.30. The van der Waals surface area contributed by atoms with E-state index in [2.05, 4.69) is 15.3 Å². The summed E-state index contributed by atoms with van der Waals surface area (Å²) >= 11 is 6.13. The molecule has 128 valence electrons. The molecule has 0 aliphatic heterocycles. The Labute approximate surface area is 145 Å². The van der Waals surface area contributed by atoms with Gasteiger partial charge in [-0.15, -0.1) is 0 Å². The first-order valence-corrected chi connectivity index (χ1v) is 7.99. The van der Waals surface area contributed by atoms with Gasteiger partial charge in [0, 0.05) is 11.6 Å². The lowest BCUT2D eigenvalue weighted by Crippen LogP contribution is -2.08. The van der Waals surface area contributed by atoms with E-state index in [1.165, 1.54) is 6.33 Å². The van der Waals surface area contributed by atoms with E-state index in [9.17, 15) is 10.1 Å². The van der Waals surface area contributed by atoms with E-state index in [1.807, 2.05) is 20.8 Å². The number of nitrogens with zero attached hydrogens (tertiary/aromatic N) is 3. The van der Waals surface area contributed by atoms with Gasteiger partial charge in [-0.1, -0.05) is 24.9 Å². The molecule has 0 radical (unpaired) electrons. The maximum atomic E-state index is 11.4. The van der Waals surface area contributed by atoms with Gasteiger partial charge < -0.3 is 10.1 Å². The number of nitro groups is 1. The lowest BCUT2D eigenvalue weighted by molar-refractivity contribution is -0.385. The van der Waals surface area contributed by atoms with Crippen LogP contribution in [0.5, 0.6) is 11.6 Å². The van der Waals surface area contributed by atoms with Crippen LogP contribution < -0.4 is 10.1 Å². The topological polar surface area (TPSA) is 90.2 Å². The van der Waals surface area contributed by atoms with Gasteiger partial charge in [0.05, 0.1) is 4.92 Å². The molecule has 7 nitrogen and oxygen atoms in total. The van der Waals surface area contributed by atoms with E-state index >= 15 is 0 Å². The summed E-state index contributed by atoms with van der Waals surface area (Å²) in [6.07, 6.45) is 3.09. The summed E-state index contributed by atoms with van der Waals surface area (Å²) in [6.45, 7) is 6.31. The minimum atomic E-state index is -0.542. The summed E-state index contributed by atoms with van der Waals surface area (Å²) in [5.41, 5.74) is 1.37. The second kappa shape index (κ2) is 7.92. The highest BCUT2D eigenvalue weighted by Gasteiger charge is 2.25. The molecule has 1 aromatic carbocycles. The van der Waals surface area contributed by atoms with Crippen molar-refractivity contribution in [3.05, 3.63) is 44.7 Å². The molecule has 0 atom stereocenters. The Morgan fingerprint density at radius 1 is 1.29 bits per heavy atom. The molecular weight excluding hydrogens is 332 g/mol. The predicted octanol–water partition coefficient (Wildman–Crippen LogP) is 4.66. The van der Waals surface area contributed by atoms with Crippen LogP contribution >= 0.6 is 11.6 Å². The number of hydrogen-bond donors (Lipinski definition) is 1.